The van der Waals surface area contributed by atoms with Crippen molar-refractivity contribution in [2.24, 2.45) is 0 Å². The minimum Gasteiger partial charge on any atom is -0.484 e. The number of nitrogens with zero attached hydrogens (tertiary/aromatic N) is 1. The van der Waals surface area contributed by atoms with E-state index < -0.39 is 6.04 Å². The third-order valence-corrected chi connectivity index (χ3v) is 4.77. The van der Waals surface area contributed by atoms with Gasteiger partial charge in [0.05, 0.1) is 0 Å². The van der Waals surface area contributed by atoms with Crippen LogP contribution in [0.15, 0.2) is 48.5 Å². The highest BCUT2D eigenvalue weighted by molar-refractivity contribution is 5.88. The highest BCUT2D eigenvalue weighted by atomic mass is 16.5. The molecule has 0 spiro atoms. The van der Waals surface area contributed by atoms with Gasteiger partial charge in [0.2, 0.25) is 5.91 Å². The lowest BCUT2D eigenvalue weighted by Crippen LogP contribution is -2.50. The van der Waals surface area contributed by atoms with Gasteiger partial charge in [0.25, 0.3) is 5.91 Å². The predicted molar refractivity (Wildman–Crippen MR) is 111 cm³/mol. The fourth-order valence-corrected chi connectivity index (χ4v) is 3.02. The quantitative estimate of drug-likeness (QED) is 0.721. The molecule has 0 saturated heterocycles. The third-order valence-electron chi connectivity index (χ3n) is 4.77. The molecule has 1 unspecified atom stereocenters. The first-order valence-electron chi connectivity index (χ1n) is 9.77. The van der Waals surface area contributed by atoms with E-state index in [9.17, 15) is 9.59 Å². The number of aryl methyl sites for hydroxylation is 2. The number of nitrogens with one attached hydrogen (secondary N) is 1. The zero-order valence-corrected chi connectivity index (χ0v) is 17.2. The number of likely N-dealkylation sites (N-methyl/N-ethyl adjacent to an activating group) is 1. The Kier molecular flexibility index (Phi) is 8.05. The molecule has 0 aliphatic carbocycles. The average Bonchev–Trinajstić information content (AvgIpc) is 2.69. The predicted octanol–water partition coefficient (Wildman–Crippen LogP) is 3.63. The van der Waals surface area contributed by atoms with Crippen molar-refractivity contribution < 1.29 is 14.3 Å². The molecule has 28 heavy (non-hydrogen) atoms. The number of carbonyl (C=O) groups is 2. The van der Waals surface area contributed by atoms with Crippen LogP contribution in [0.25, 0.3) is 0 Å². The molecule has 150 valence electrons. The maximum atomic E-state index is 13.0. The molecule has 2 rings (SSSR count). The van der Waals surface area contributed by atoms with Gasteiger partial charge in [-0.25, -0.2) is 0 Å². The number of hydrogen-bond donors (Lipinski definition) is 1. The molecule has 1 N–H and O–H groups in total. The summed E-state index contributed by atoms with van der Waals surface area (Å²) in [6, 6.07) is 14.9. The lowest BCUT2D eigenvalue weighted by atomic mass is 10.1. The van der Waals surface area contributed by atoms with Gasteiger partial charge in [-0.3, -0.25) is 9.59 Å². The molecule has 0 radical (unpaired) electrons. The second-order valence-corrected chi connectivity index (χ2v) is 6.86. The van der Waals surface area contributed by atoms with Crippen molar-refractivity contribution >= 4 is 11.8 Å². The van der Waals surface area contributed by atoms with E-state index in [-0.39, 0.29) is 18.4 Å². The first kappa shape index (κ1) is 21.5. The van der Waals surface area contributed by atoms with Crippen LogP contribution in [0.4, 0.5) is 0 Å². The largest absolute Gasteiger partial charge is 0.484 e. The minimum atomic E-state index is -0.531. The lowest BCUT2D eigenvalue weighted by molar-refractivity contribution is -0.142. The van der Waals surface area contributed by atoms with Gasteiger partial charge in [-0.2, -0.15) is 0 Å². The van der Waals surface area contributed by atoms with Crippen LogP contribution >= 0.6 is 0 Å². The van der Waals surface area contributed by atoms with E-state index in [2.05, 4.69) is 5.32 Å². The number of rotatable bonds is 9. The fraction of sp³-hybridized carbons (Fsp3) is 0.391. The number of amides is 2. The summed E-state index contributed by atoms with van der Waals surface area (Å²) in [4.78, 5) is 27.1. The molecule has 0 aliphatic rings. The first-order valence-corrected chi connectivity index (χ1v) is 9.77. The van der Waals surface area contributed by atoms with Crippen LogP contribution in [0.1, 0.15) is 37.0 Å². The maximum Gasteiger partial charge on any atom is 0.261 e. The summed E-state index contributed by atoms with van der Waals surface area (Å²) in [5.74, 6) is 0.308. The van der Waals surface area contributed by atoms with Crippen LogP contribution in [-0.2, 0) is 16.1 Å². The highest BCUT2D eigenvalue weighted by Gasteiger charge is 2.28. The normalized spacial score (nSPS) is 11.6. The van der Waals surface area contributed by atoms with Crippen LogP contribution in [-0.4, -0.2) is 35.9 Å². The smallest absolute Gasteiger partial charge is 0.261 e. The Bertz CT molecular complexity index is 790. The number of hydrogen-bond acceptors (Lipinski definition) is 3. The molecule has 0 heterocycles. The van der Waals surface area contributed by atoms with E-state index in [0.29, 0.717) is 25.3 Å². The molecule has 0 fully saturated rings. The standard InChI is InChI=1S/C23H30N2O3/c1-5-21(23(27)24-6-2)25(15-19-10-8-7-9-11-19)22(26)16-28-20-13-12-17(3)18(4)14-20/h7-14,21H,5-6,15-16H2,1-4H3,(H,24,27). The van der Waals surface area contributed by atoms with Crippen molar-refractivity contribution in [1.82, 2.24) is 10.2 Å². The van der Waals surface area contributed by atoms with Gasteiger partial charge in [0.1, 0.15) is 11.8 Å². The summed E-state index contributed by atoms with van der Waals surface area (Å²) in [5, 5.41) is 2.83. The third kappa shape index (κ3) is 5.84. The molecule has 2 amide bonds. The Morgan fingerprint density at radius 1 is 1.04 bits per heavy atom. The van der Waals surface area contributed by atoms with E-state index in [0.717, 1.165) is 11.1 Å². The second kappa shape index (κ2) is 10.5. The van der Waals surface area contributed by atoms with Gasteiger partial charge in [-0.15, -0.1) is 0 Å². The highest BCUT2D eigenvalue weighted by Crippen LogP contribution is 2.17. The van der Waals surface area contributed by atoms with Crippen molar-refractivity contribution in [3.63, 3.8) is 0 Å². The maximum absolute atomic E-state index is 13.0. The van der Waals surface area contributed by atoms with E-state index in [1.807, 2.05) is 76.2 Å². The Balaban J connectivity index is 2.17. The summed E-state index contributed by atoms with van der Waals surface area (Å²) in [5.41, 5.74) is 3.26. The molecule has 5 nitrogen and oxygen atoms in total. The van der Waals surface area contributed by atoms with Crippen LogP contribution < -0.4 is 10.1 Å². The number of carbonyl (C=O) groups excluding carboxylic acids is 2. The van der Waals surface area contributed by atoms with E-state index in [1.165, 1.54) is 5.56 Å². The Hall–Kier alpha value is -2.82. The van der Waals surface area contributed by atoms with E-state index >= 15 is 0 Å². The van der Waals surface area contributed by atoms with E-state index in [4.69, 9.17) is 4.74 Å². The summed E-state index contributed by atoms with van der Waals surface area (Å²) >= 11 is 0. The molecule has 0 aromatic heterocycles. The topological polar surface area (TPSA) is 58.6 Å². The van der Waals surface area contributed by atoms with Crippen molar-refractivity contribution in [2.75, 3.05) is 13.2 Å². The molecule has 2 aromatic rings. The Labute approximate surface area is 167 Å². The summed E-state index contributed by atoms with van der Waals surface area (Å²) in [6.45, 7) is 8.61. The fourth-order valence-electron chi connectivity index (χ4n) is 3.02. The molecular formula is C23H30N2O3. The van der Waals surface area contributed by atoms with Crippen LogP contribution in [0.2, 0.25) is 0 Å². The summed E-state index contributed by atoms with van der Waals surface area (Å²) in [7, 11) is 0. The van der Waals surface area contributed by atoms with Crippen molar-refractivity contribution in [1.29, 1.82) is 0 Å². The van der Waals surface area contributed by atoms with Crippen LogP contribution in [0.5, 0.6) is 5.75 Å². The Morgan fingerprint density at radius 2 is 1.75 bits per heavy atom. The van der Waals surface area contributed by atoms with E-state index in [1.54, 1.807) is 4.90 Å². The average molecular weight is 383 g/mol. The molecule has 0 bridgehead atoms. The molecule has 0 saturated carbocycles. The van der Waals surface area contributed by atoms with Gasteiger partial charge in [-0.1, -0.05) is 43.3 Å². The molecular weight excluding hydrogens is 352 g/mol. The second-order valence-electron chi connectivity index (χ2n) is 6.86. The number of ether oxygens (including phenoxy) is 1. The zero-order chi connectivity index (χ0) is 20.5. The number of benzene rings is 2. The van der Waals surface area contributed by atoms with Gasteiger partial charge in [-0.05, 0) is 56.0 Å². The molecule has 5 heteroatoms. The molecule has 1 atom stereocenters. The molecule has 0 aliphatic heterocycles. The van der Waals surface area contributed by atoms with Crippen LogP contribution in [0, 0.1) is 13.8 Å². The minimum absolute atomic E-state index is 0.106. The zero-order valence-electron chi connectivity index (χ0n) is 17.2. The van der Waals surface area contributed by atoms with Crippen molar-refractivity contribution in [2.45, 2.75) is 46.7 Å². The van der Waals surface area contributed by atoms with Gasteiger partial charge >= 0.3 is 0 Å². The SMILES string of the molecule is CCNC(=O)C(CC)N(Cc1ccccc1)C(=O)COc1ccc(C)c(C)c1. The van der Waals surface area contributed by atoms with Crippen molar-refractivity contribution in [3.05, 3.63) is 65.2 Å². The first-order chi connectivity index (χ1) is 13.5. The van der Waals surface area contributed by atoms with Gasteiger partial charge < -0.3 is 15.0 Å². The Morgan fingerprint density at radius 3 is 2.36 bits per heavy atom. The van der Waals surface area contributed by atoms with Gasteiger partial charge in [0.15, 0.2) is 6.61 Å². The molecule has 2 aromatic carbocycles. The summed E-state index contributed by atoms with van der Waals surface area (Å²) in [6.07, 6.45) is 0.536. The summed E-state index contributed by atoms with van der Waals surface area (Å²) < 4.78 is 5.73. The van der Waals surface area contributed by atoms with Crippen LogP contribution in [0.3, 0.4) is 0 Å². The van der Waals surface area contributed by atoms with Gasteiger partial charge in [0, 0.05) is 13.1 Å². The lowest BCUT2D eigenvalue weighted by Gasteiger charge is -2.30. The monoisotopic (exact) mass is 382 g/mol. The van der Waals surface area contributed by atoms with Crippen molar-refractivity contribution in [3.8, 4) is 5.75 Å².